The molecule has 0 aliphatic carbocycles. The molecule has 0 unspecified atom stereocenters. The van der Waals surface area contributed by atoms with E-state index in [0.717, 1.165) is 0 Å². The first-order chi connectivity index (χ1) is 16.5. The molecule has 0 radical (unpaired) electrons. The molecule has 0 fully saturated rings. The number of esters is 1. The molecule has 1 aromatic carbocycles. The van der Waals surface area contributed by atoms with E-state index in [-0.39, 0.29) is 31.9 Å². The van der Waals surface area contributed by atoms with Crippen LogP contribution in [0.4, 0.5) is 4.79 Å². The van der Waals surface area contributed by atoms with Gasteiger partial charge in [0.25, 0.3) is 5.91 Å². The van der Waals surface area contributed by atoms with Gasteiger partial charge in [-0.25, -0.2) is 14.4 Å². The lowest BCUT2D eigenvalue weighted by Crippen LogP contribution is -2.61. The first-order valence-corrected chi connectivity index (χ1v) is 11.2. The predicted octanol–water partition coefficient (Wildman–Crippen LogP) is 3.07. The van der Waals surface area contributed by atoms with E-state index in [2.05, 4.69) is 15.6 Å². The largest absolute Gasteiger partial charge is 0.479 e. The Morgan fingerprint density at radius 3 is 2.31 bits per heavy atom. The summed E-state index contributed by atoms with van der Waals surface area (Å²) in [4.78, 5) is 53.7. The minimum Gasteiger partial charge on any atom is -0.479 e. The first kappa shape index (κ1) is 27.3. The van der Waals surface area contributed by atoms with Crippen LogP contribution < -0.4 is 10.6 Å². The minimum absolute atomic E-state index is 0.100. The molecule has 0 spiro atoms. The van der Waals surface area contributed by atoms with Crippen molar-refractivity contribution in [2.24, 2.45) is 0 Å². The summed E-state index contributed by atoms with van der Waals surface area (Å²) in [5.74, 6) is -2.99. The molecule has 1 aromatic heterocycles. The van der Waals surface area contributed by atoms with Gasteiger partial charge < -0.3 is 19.9 Å². The Morgan fingerprint density at radius 2 is 1.71 bits per heavy atom. The highest BCUT2D eigenvalue weighted by Gasteiger charge is 2.50. The number of nitrogens with zero attached hydrogens (tertiary/aromatic N) is 1. The number of carboxylic acid groups (broad SMARTS) is 1. The predicted molar refractivity (Wildman–Crippen MR) is 126 cm³/mol. The van der Waals surface area contributed by atoms with E-state index >= 15 is 0 Å². The van der Waals surface area contributed by atoms with Crippen LogP contribution >= 0.6 is 0 Å². The molecule has 10 heteroatoms. The van der Waals surface area contributed by atoms with E-state index < -0.39 is 29.2 Å². The first-order valence-electron chi connectivity index (χ1n) is 11.2. The van der Waals surface area contributed by atoms with Gasteiger partial charge in [0.1, 0.15) is 12.2 Å². The van der Waals surface area contributed by atoms with Crippen LogP contribution in [0.15, 0.2) is 54.9 Å². The Hall–Kier alpha value is -3.95. The number of nitrogens with one attached hydrogen (secondary N) is 2. The van der Waals surface area contributed by atoms with Crippen molar-refractivity contribution in [2.75, 3.05) is 6.54 Å². The Bertz CT molecular complexity index is 1010. The quantitative estimate of drug-likeness (QED) is 0.250. The summed E-state index contributed by atoms with van der Waals surface area (Å²) in [6.45, 7) is 4.92. The van der Waals surface area contributed by atoms with Gasteiger partial charge in [0.15, 0.2) is 0 Å². The van der Waals surface area contributed by atoms with Crippen LogP contribution in [0.25, 0.3) is 0 Å². The Morgan fingerprint density at radius 1 is 1.00 bits per heavy atom. The highest BCUT2D eigenvalue weighted by molar-refractivity contribution is 6.06. The lowest BCUT2D eigenvalue weighted by Gasteiger charge is -2.31. The van der Waals surface area contributed by atoms with Crippen molar-refractivity contribution < 1.29 is 33.8 Å². The fourth-order valence-electron chi connectivity index (χ4n) is 3.08. The molecule has 2 rings (SSSR count). The number of pyridine rings is 1. The van der Waals surface area contributed by atoms with Gasteiger partial charge in [0.2, 0.25) is 5.54 Å². The number of carbonyl (C=O) groups excluding carboxylic acids is 3. The third-order valence-corrected chi connectivity index (χ3v) is 4.83. The topological polar surface area (TPSA) is 144 Å². The second-order valence-corrected chi connectivity index (χ2v) is 8.85. The van der Waals surface area contributed by atoms with E-state index in [1.165, 1.54) is 6.20 Å². The number of amides is 2. The number of carbonyl (C=O) groups is 4. The molecule has 35 heavy (non-hydrogen) atoms. The van der Waals surface area contributed by atoms with Gasteiger partial charge in [-0.3, -0.25) is 15.1 Å². The summed E-state index contributed by atoms with van der Waals surface area (Å²) < 4.78 is 10.5. The zero-order valence-electron chi connectivity index (χ0n) is 20.1. The highest BCUT2D eigenvalue weighted by Crippen LogP contribution is 2.22. The van der Waals surface area contributed by atoms with Crippen molar-refractivity contribution in [1.29, 1.82) is 0 Å². The maximum absolute atomic E-state index is 12.9. The van der Waals surface area contributed by atoms with Crippen molar-refractivity contribution in [3.8, 4) is 0 Å². The second kappa shape index (κ2) is 12.5. The molecule has 188 valence electrons. The summed E-state index contributed by atoms with van der Waals surface area (Å²) in [5, 5.41) is 14.9. The summed E-state index contributed by atoms with van der Waals surface area (Å²) in [7, 11) is 0. The van der Waals surface area contributed by atoms with Gasteiger partial charge in [0, 0.05) is 18.9 Å². The van der Waals surface area contributed by atoms with E-state index in [1.54, 1.807) is 69.4 Å². The SMILES string of the molecule is CC(C)(C)OC(=O)[C@@](CCCCNC(=O)c1cccnc1)(NC(=O)OCc1ccccc1)C(=O)O. The Kier molecular flexibility index (Phi) is 9.74. The number of ether oxygens (including phenoxy) is 2. The molecular weight excluding hydrogens is 454 g/mol. The molecule has 2 amide bonds. The number of rotatable bonds is 11. The van der Waals surface area contributed by atoms with E-state index in [4.69, 9.17) is 9.47 Å². The smallest absolute Gasteiger partial charge is 0.408 e. The number of aliphatic carboxylic acids is 1. The average molecular weight is 486 g/mol. The highest BCUT2D eigenvalue weighted by atomic mass is 16.6. The van der Waals surface area contributed by atoms with Crippen molar-refractivity contribution in [3.05, 3.63) is 66.0 Å². The fraction of sp³-hybridized carbons (Fsp3) is 0.400. The van der Waals surface area contributed by atoms with Crippen molar-refractivity contribution in [2.45, 2.75) is 57.8 Å². The summed E-state index contributed by atoms with van der Waals surface area (Å²) >= 11 is 0. The van der Waals surface area contributed by atoms with Gasteiger partial charge in [-0.15, -0.1) is 0 Å². The standard InChI is InChI=1S/C25H31N3O7/c1-24(2,3)35-22(32)25(21(30)31,28-23(33)34-17-18-10-5-4-6-11-18)13-7-8-15-27-20(29)19-12-9-14-26-16-19/h4-6,9-12,14,16H,7-8,13,15,17H2,1-3H3,(H,27,29)(H,28,33)(H,30,31)/t25-/m0/s1. The van der Waals surface area contributed by atoms with Gasteiger partial charge in [-0.05, 0) is 57.7 Å². The third kappa shape index (κ3) is 8.73. The molecule has 0 saturated carbocycles. The fourth-order valence-corrected chi connectivity index (χ4v) is 3.08. The molecule has 1 atom stereocenters. The molecule has 10 nitrogen and oxygen atoms in total. The Labute approximate surface area is 204 Å². The van der Waals surface area contributed by atoms with Crippen LogP contribution in [-0.2, 0) is 25.7 Å². The normalized spacial score (nSPS) is 12.7. The second-order valence-electron chi connectivity index (χ2n) is 8.85. The molecular formula is C25H31N3O7. The van der Waals surface area contributed by atoms with E-state index in [1.807, 2.05) is 0 Å². The number of unbranched alkanes of at least 4 members (excludes halogenated alkanes) is 1. The zero-order valence-corrected chi connectivity index (χ0v) is 20.1. The van der Waals surface area contributed by atoms with Gasteiger partial charge >= 0.3 is 18.0 Å². The monoisotopic (exact) mass is 485 g/mol. The number of benzene rings is 1. The van der Waals surface area contributed by atoms with Crippen molar-refractivity contribution in [1.82, 2.24) is 15.6 Å². The minimum atomic E-state index is -2.35. The maximum Gasteiger partial charge on any atom is 0.408 e. The summed E-state index contributed by atoms with van der Waals surface area (Å²) in [6, 6.07) is 12.1. The van der Waals surface area contributed by atoms with Crippen LogP contribution in [-0.4, -0.2) is 51.7 Å². The van der Waals surface area contributed by atoms with Crippen LogP contribution in [0.3, 0.4) is 0 Å². The van der Waals surface area contributed by atoms with Crippen LogP contribution in [0.5, 0.6) is 0 Å². The lowest BCUT2D eigenvalue weighted by molar-refractivity contribution is -0.171. The number of hydrogen-bond donors (Lipinski definition) is 3. The van der Waals surface area contributed by atoms with Gasteiger partial charge in [-0.1, -0.05) is 30.3 Å². The number of carboxylic acids is 1. The van der Waals surface area contributed by atoms with Crippen molar-refractivity contribution in [3.63, 3.8) is 0 Å². The third-order valence-electron chi connectivity index (χ3n) is 4.83. The summed E-state index contributed by atoms with van der Waals surface area (Å²) in [6.07, 6.45) is 2.20. The zero-order chi connectivity index (χ0) is 25.9. The van der Waals surface area contributed by atoms with Crippen LogP contribution in [0, 0.1) is 0 Å². The Balaban J connectivity index is 2.03. The molecule has 0 aliphatic heterocycles. The lowest BCUT2D eigenvalue weighted by atomic mass is 9.92. The van der Waals surface area contributed by atoms with Gasteiger partial charge in [0.05, 0.1) is 5.56 Å². The maximum atomic E-state index is 12.9. The molecule has 0 aliphatic rings. The molecule has 0 saturated heterocycles. The number of alkyl carbamates (subject to hydrolysis) is 1. The van der Waals surface area contributed by atoms with Crippen LogP contribution in [0.1, 0.15) is 56.0 Å². The van der Waals surface area contributed by atoms with E-state index in [9.17, 15) is 24.3 Å². The molecule has 2 aromatic rings. The average Bonchev–Trinajstić information content (AvgIpc) is 2.81. The molecule has 1 heterocycles. The van der Waals surface area contributed by atoms with Crippen molar-refractivity contribution >= 4 is 23.9 Å². The van der Waals surface area contributed by atoms with Gasteiger partial charge in [-0.2, -0.15) is 0 Å². The molecule has 3 N–H and O–H groups in total. The van der Waals surface area contributed by atoms with Crippen LogP contribution in [0.2, 0.25) is 0 Å². The van der Waals surface area contributed by atoms with E-state index in [0.29, 0.717) is 17.5 Å². The number of aromatic nitrogens is 1. The molecule has 0 bridgehead atoms. The summed E-state index contributed by atoms with van der Waals surface area (Å²) in [5.41, 5.74) is -2.24. The number of hydrogen-bond acceptors (Lipinski definition) is 7.